The second-order valence-electron chi connectivity index (χ2n) is 12.0. The van der Waals surface area contributed by atoms with Gasteiger partial charge in [-0.25, -0.2) is 8.42 Å². The number of rotatable bonds is 13. The molecule has 4 aromatic carbocycles. The molecule has 1 aliphatic rings. The van der Waals surface area contributed by atoms with E-state index in [-0.39, 0.29) is 29.8 Å². The molecule has 47 heavy (non-hydrogen) atoms. The van der Waals surface area contributed by atoms with E-state index < -0.39 is 28.5 Å². The van der Waals surface area contributed by atoms with E-state index in [9.17, 15) is 18.0 Å². The molecule has 0 aliphatic heterocycles. The zero-order valence-corrected chi connectivity index (χ0v) is 28.3. The first kappa shape index (κ1) is 34.2. The number of amides is 2. The molecule has 1 atom stereocenters. The van der Waals surface area contributed by atoms with Gasteiger partial charge in [0.05, 0.1) is 10.6 Å². The van der Waals surface area contributed by atoms with E-state index in [0.717, 1.165) is 54.0 Å². The zero-order valence-electron chi connectivity index (χ0n) is 26.7. The van der Waals surface area contributed by atoms with Gasteiger partial charge in [0.2, 0.25) is 11.8 Å². The monoisotopic (exact) mass is 671 g/mol. The molecule has 0 unspecified atom stereocenters. The van der Waals surface area contributed by atoms with Gasteiger partial charge in [0.15, 0.2) is 0 Å². The van der Waals surface area contributed by atoms with Crippen LogP contribution in [0, 0.1) is 0 Å². The molecule has 0 heterocycles. The molecule has 0 spiro atoms. The fourth-order valence-corrected chi connectivity index (χ4v) is 7.69. The number of sulfonamides is 1. The molecule has 1 fully saturated rings. The van der Waals surface area contributed by atoms with Crippen molar-refractivity contribution in [1.82, 2.24) is 10.2 Å². The van der Waals surface area contributed by atoms with Crippen LogP contribution in [-0.4, -0.2) is 43.8 Å². The Bertz CT molecular complexity index is 1730. The van der Waals surface area contributed by atoms with Crippen LogP contribution in [0.4, 0.5) is 5.69 Å². The third kappa shape index (κ3) is 8.82. The lowest BCUT2D eigenvalue weighted by molar-refractivity contribution is -0.140. The first-order chi connectivity index (χ1) is 22.8. The number of halogens is 1. The summed E-state index contributed by atoms with van der Waals surface area (Å²) in [5.74, 6) is -0.769. The highest BCUT2D eigenvalue weighted by atomic mass is 35.5. The standard InChI is InChI=1S/C38H42ClN3O4S/c1-2-29-22-24-33(25-23-29)42(47(45,46)34-19-10-5-11-20-34)28-37(43)41(27-31-16-12-13-21-35(31)39)36(26-30-14-6-3-7-15-30)38(44)40-32-17-8-4-9-18-32/h3,5-7,10-16,19-25,32,36H,2,4,8-9,17-18,26-28H2,1H3,(H,40,44)/t36-/m1/s1. The van der Waals surface area contributed by atoms with Crippen molar-refractivity contribution >= 4 is 39.1 Å². The van der Waals surface area contributed by atoms with Crippen LogP contribution in [0.1, 0.15) is 55.7 Å². The number of carbonyl (C=O) groups is 2. The maximum absolute atomic E-state index is 14.7. The van der Waals surface area contributed by atoms with Gasteiger partial charge in [0, 0.05) is 24.0 Å². The summed E-state index contributed by atoms with van der Waals surface area (Å²) in [4.78, 5) is 30.5. The van der Waals surface area contributed by atoms with Gasteiger partial charge in [-0.3, -0.25) is 13.9 Å². The summed E-state index contributed by atoms with van der Waals surface area (Å²) in [6, 6.07) is 31.2. The lowest BCUT2D eigenvalue weighted by atomic mass is 9.94. The summed E-state index contributed by atoms with van der Waals surface area (Å²) in [5, 5.41) is 3.69. The van der Waals surface area contributed by atoms with Gasteiger partial charge in [-0.15, -0.1) is 0 Å². The Hall–Kier alpha value is -4.14. The molecule has 1 saturated carbocycles. The predicted octanol–water partition coefficient (Wildman–Crippen LogP) is 7.19. The van der Waals surface area contributed by atoms with Gasteiger partial charge in [-0.2, -0.15) is 0 Å². The van der Waals surface area contributed by atoms with Crippen LogP contribution in [0.5, 0.6) is 0 Å². The SMILES string of the molecule is CCc1ccc(N(CC(=O)N(Cc2ccccc2Cl)[C@H](Cc2ccccc2)C(=O)NC2CCCCC2)S(=O)(=O)c2ccccc2)cc1. The molecule has 0 bridgehead atoms. The van der Waals surface area contributed by atoms with Crippen LogP contribution in [0.25, 0.3) is 0 Å². The number of anilines is 1. The van der Waals surface area contributed by atoms with Crippen molar-refractivity contribution in [3.8, 4) is 0 Å². The van der Waals surface area contributed by atoms with Crippen LogP contribution in [-0.2, 0) is 39.0 Å². The van der Waals surface area contributed by atoms with E-state index >= 15 is 0 Å². The Balaban J connectivity index is 1.56. The highest BCUT2D eigenvalue weighted by Gasteiger charge is 2.35. The molecule has 7 nitrogen and oxygen atoms in total. The fraction of sp³-hybridized carbons (Fsp3) is 0.316. The Labute approximate surface area is 283 Å². The number of hydrogen-bond acceptors (Lipinski definition) is 4. The smallest absolute Gasteiger partial charge is 0.264 e. The largest absolute Gasteiger partial charge is 0.352 e. The minimum atomic E-state index is -4.15. The summed E-state index contributed by atoms with van der Waals surface area (Å²) >= 11 is 6.61. The molecular weight excluding hydrogens is 630 g/mol. The maximum Gasteiger partial charge on any atom is 0.264 e. The molecule has 4 aromatic rings. The average Bonchev–Trinajstić information content (AvgIpc) is 3.10. The number of hydrogen-bond donors (Lipinski definition) is 1. The van der Waals surface area contributed by atoms with Crippen LogP contribution in [0.3, 0.4) is 0 Å². The van der Waals surface area contributed by atoms with Gasteiger partial charge in [-0.1, -0.05) is 117 Å². The van der Waals surface area contributed by atoms with Crippen molar-refractivity contribution in [2.75, 3.05) is 10.8 Å². The van der Waals surface area contributed by atoms with Crippen molar-refractivity contribution in [3.05, 3.63) is 131 Å². The van der Waals surface area contributed by atoms with E-state index in [2.05, 4.69) is 5.32 Å². The average molecular weight is 672 g/mol. The van der Waals surface area contributed by atoms with Crippen molar-refractivity contribution in [3.63, 3.8) is 0 Å². The van der Waals surface area contributed by atoms with Gasteiger partial charge < -0.3 is 10.2 Å². The normalized spacial score (nSPS) is 14.3. The van der Waals surface area contributed by atoms with Crippen molar-refractivity contribution in [1.29, 1.82) is 0 Å². The van der Waals surface area contributed by atoms with E-state index in [4.69, 9.17) is 11.6 Å². The zero-order chi connectivity index (χ0) is 33.2. The third-order valence-electron chi connectivity index (χ3n) is 8.76. The highest BCUT2D eigenvalue weighted by molar-refractivity contribution is 7.92. The molecule has 2 amide bonds. The number of nitrogens with zero attached hydrogens (tertiary/aromatic N) is 2. The molecule has 1 N–H and O–H groups in total. The van der Waals surface area contributed by atoms with Crippen molar-refractivity contribution in [2.45, 2.75) is 75.4 Å². The number of aryl methyl sites for hydroxylation is 1. The lowest BCUT2D eigenvalue weighted by Gasteiger charge is -2.35. The van der Waals surface area contributed by atoms with Gasteiger partial charge in [0.25, 0.3) is 10.0 Å². The van der Waals surface area contributed by atoms with Gasteiger partial charge in [-0.05, 0) is 66.3 Å². The maximum atomic E-state index is 14.7. The molecule has 1 aliphatic carbocycles. The molecular formula is C38H42ClN3O4S. The Morgan fingerprint density at radius 3 is 2.06 bits per heavy atom. The van der Waals surface area contributed by atoms with Crippen LogP contribution < -0.4 is 9.62 Å². The van der Waals surface area contributed by atoms with Crippen LogP contribution >= 0.6 is 11.6 Å². The molecule has 0 radical (unpaired) electrons. The molecule has 0 saturated heterocycles. The fourth-order valence-electron chi connectivity index (χ4n) is 6.05. The molecule has 9 heteroatoms. The summed E-state index contributed by atoms with van der Waals surface area (Å²) in [6.07, 6.45) is 6.04. The molecule has 0 aromatic heterocycles. The van der Waals surface area contributed by atoms with Gasteiger partial charge in [0.1, 0.15) is 12.6 Å². The quantitative estimate of drug-likeness (QED) is 0.163. The Morgan fingerprint density at radius 2 is 1.43 bits per heavy atom. The van der Waals surface area contributed by atoms with E-state index in [0.29, 0.717) is 16.3 Å². The Morgan fingerprint density at radius 1 is 0.809 bits per heavy atom. The first-order valence-corrected chi connectivity index (χ1v) is 18.1. The summed E-state index contributed by atoms with van der Waals surface area (Å²) in [6.45, 7) is 1.55. The summed E-state index contributed by atoms with van der Waals surface area (Å²) < 4.78 is 29.5. The van der Waals surface area contributed by atoms with Crippen LogP contribution in [0.15, 0.2) is 114 Å². The second kappa shape index (κ2) is 16.1. The predicted molar refractivity (Wildman–Crippen MR) is 188 cm³/mol. The van der Waals surface area contributed by atoms with E-state index in [1.807, 2.05) is 67.6 Å². The Kier molecular flexibility index (Phi) is 11.7. The molecule has 246 valence electrons. The first-order valence-electron chi connectivity index (χ1n) is 16.3. The summed E-state index contributed by atoms with van der Waals surface area (Å²) in [7, 11) is -4.15. The lowest BCUT2D eigenvalue weighted by Crippen LogP contribution is -2.55. The minimum absolute atomic E-state index is 0.0267. The van der Waals surface area contributed by atoms with Gasteiger partial charge >= 0.3 is 0 Å². The number of nitrogens with one attached hydrogen (secondary N) is 1. The number of benzene rings is 4. The second-order valence-corrected chi connectivity index (χ2v) is 14.3. The van der Waals surface area contributed by atoms with Crippen molar-refractivity contribution < 1.29 is 18.0 Å². The minimum Gasteiger partial charge on any atom is -0.352 e. The molecule has 5 rings (SSSR count). The topological polar surface area (TPSA) is 86.8 Å². The van der Waals surface area contributed by atoms with E-state index in [1.54, 1.807) is 36.4 Å². The van der Waals surface area contributed by atoms with Crippen molar-refractivity contribution in [2.24, 2.45) is 0 Å². The summed E-state index contributed by atoms with van der Waals surface area (Å²) in [5.41, 5.74) is 2.95. The number of carbonyl (C=O) groups excluding carboxylic acids is 2. The van der Waals surface area contributed by atoms with E-state index in [1.165, 1.54) is 17.0 Å². The highest BCUT2D eigenvalue weighted by Crippen LogP contribution is 2.27. The van der Waals surface area contributed by atoms with Crippen LogP contribution in [0.2, 0.25) is 5.02 Å². The third-order valence-corrected chi connectivity index (χ3v) is 10.9.